The number of piperidine rings is 1. The van der Waals surface area contributed by atoms with Crippen molar-refractivity contribution in [3.8, 4) is 0 Å². The predicted molar refractivity (Wildman–Crippen MR) is 125 cm³/mol. The zero-order valence-corrected chi connectivity index (χ0v) is 18.5. The summed E-state index contributed by atoms with van der Waals surface area (Å²) in [6, 6.07) is 12.9. The van der Waals surface area contributed by atoms with Gasteiger partial charge in [-0.25, -0.2) is 4.98 Å². The summed E-state index contributed by atoms with van der Waals surface area (Å²) in [5.41, 5.74) is 6.81. The number of nitrogens with two attached hydrogens (primary N) is 1. The Labute approximate surface area is 191 Å². The molecular formula is C22H25ClN8O. The molecule has 4 N–H and O–H groups in total. The molecule has 0 saturated carbocycles. The molecule has 2 aromatic heterocycles. The Balaban J connectivity index is 1.44. The van der Waals surface area contributed by atoms with Gasteiger partial charge in [0.1, 0.15) is 5.82 Å². The van der Waals surface area contributed by atoms with Crippen molar-refractivity contribution in [1.82, 2.24) is 24.8 Å². The molecule has 1 aliphatic rings. The van der Waals surface area contributed by atoms with Crippen molar-refractivity contribution in [1.29, 1.82) is 0 Å². The number of nitrogens with one attached hydrogen (secondary N) is 2. The lowest BCUT2D eigenvalue weighted by molar-refractivity contribution is -0.121. The second-order valence-electron chi connectivity index (χ2n) is 7.73. The van der Waals surface area contributed by atoms with Crippen LogP contribution in [0.15, 0.2) is 48.7 Å². The molecule has 0 spiro atoms. The van der Waals surface area contributed by atoms with Gasteiger partial charge in [0.2, 0.25) is 17.8 Å². The monoisotopic (exact) mass is 452 g/mol. The number of rotatable bonds is 6. The minimum Gasteiger partial charge on any atom is -0.368 e. The highest BCUT2D eigenvalue weighted by Gasteiger charge is 2.30. The maximum atomic E-state index is 12.8. The second kappa shape index (κ2) is 9.88. The molecule has 0 bridgehead atoms. The number of amides is 1. The predicted octanol–water partition coefficient (Wildman–Crippen LogP) is 3.66. The first-order chi connectivity index (χ1) is 15.5. The Kier molecular flexibility index (Phi) is 6.77. The van der Waals surface area contributed by atoms with Crippen molar-refractivity contribution in [2.75, 3.05) is 29.5 Å². The van der Waals surface area contributed by atoms with Crippen LogP contribution in [0, 0.1) is 5.92 Å². The summed E-state index contributed by atoms with van der Waals surface area (Å²) < 4.78 is 0. The van der Waals surface area contributed by atoms with Gasteiger partial charge < -0.3 is 16.4 Å². The van der Waals surface area contributed by atoms with E-state index in [1.54, 1.807) is 12.1 Å². The number of aromatic nitrogens is 4. The Morgan fingerprint density at radius 3 is 2.75 bits per heavy atom. The van der Waals surface area contributed by atoms with Crippen molar-refractivity contribution in [3.63, 3.8) is 0 Å². The van der Waals surface area contributed by atoms with E-state index in [1.807, 2.05) is 37.3 Å². The lowest BCUT2D eigenvalue weighted by Crippen LogP contribution is -2.42. The third-order valence-electron chi connectivity index (χ3n) is 5.42. The lowest BCUT2D eigenvalue weighted by Gasteiger charge is -2.35. The van der Waals surface area contributed by atoms with Crippen LogP contribution in [0.3, 0.4) is 0 Å². The molecule has 3 heterocycles. The Bertz CT molecular complexity index is 1060. The van der Waals surface area contributed by atoms with E-state index in [9.17, 15) is 4.79 Å². The largest absolute Gasteiger partial charge is 0.368 e. The molecule has 10 heteroatoms. The first kappa shape index (κ1) is 21.9. The Hall–Kier alpha value is -3.30. The summed E-state index contributed by atoms with van der Waals surface area (Å²) in [6.45, 7) is 3.45. The lowest BCUT2D eigenvalue weighted by atomic mass is 9.96. The average molecular weight is 453 g/mol. The Morgan fingerprint density at radius 1 is 1.19 bits per heavy atom. The van der Waals surface area contributed by atoms with E-state index < -0.39 is 0 Å². The number of nitrogen functional groups attached to an aromatic ring is 1. The van der Waals surface area contributed by atoms with Crippen LogP contribution in [-0.2, 0) is 4.79 Å². The molecule has 1 aliphatic heterocycles. The fourth-order valence-corrected chi connectivity index (χ4v) is 3.83. The normalized spacial score (nSPS) is 17.5. The van der Waals surface area contributed by atoms with Crippen LogP contribution >= 0.6 is 11.6 Å². The minimum absolute atomic E-state index is 0.0571. The summed E-state index contributed by atoms with van der Waals surface area (Å²) in [5.74, 6) is 1.39. The standard InChI is InChI=1S/C22H25ClN8O/c1-14(19-28-21(24)30-22(29-19)26-17-7-3-2-4-8-17)31-11-5-6-15(13-31)20(32)27-18-10-9-16(23)12-25-18/h2-4,7-10,12,14-15H,5-6,11,13H2,1H3,(H,25,27,32)(H3,24,26,28,29,30). The molecule has 1 saturated heterocycles. The fourth-order valence-electron chi connectivity index (χ4n) is 3.72. The van der Waals surface area contributed by atoms with Crippen LogP contribution in [0.2, 0.25) is 5.02 Å². The van der Waals surface area contributed by atoms with E-state index in [0.717, 1.165) is 25.1 Å². The van der Waals surface area contributed by atoms with Crippen molar-refractivity contribution in [3.05, 3.63) is 59.5 Å². The molecule has 2 unspecified atom stereocenters. The molecule has 4 rings (SSSR count). The summed E-state index contributed by atoms with van der Waals surface area (Å²) >= 11 is 5.87. The number of para-hydroxylation sites is 1. The summed E-state index contributed by atoms with van der Waals surface area (Å²) in [4.78, 5) is 32.2. The van der Waals surface area contributed by atoms with Crippen LogP contribution in [0.1, 0.15) is 31.6 Å². The maximum absolute atomic E-state index is 12.8. The van der Waals surface area contributed by atoms with E-state index in [4.69, 9.17) is 17.3 Å². The third kappa shape index (κ3) is 5.49. The van der Waals surface area contributed by atoms with Crippen LogP contribution < -0.4 is 16.4 Å². The van der Waals surface area contributed by atoms with Crippen molar-refractivity contribution in [2.45, 2.75) is 25.8 Å². The number of halogens is 1. The molecule has 3 aromatic rings. The first-order valence-corrected chi connectivity index (χ1v) is 10.9. The van der Waals surface area contributed by atoms with Crippen LogP contribution in [-0.4, -0.2) is 43.8 Å². The van der Waals surface area contributed by atoms with Gasteiger partial charge in [0.25, 0.3) is 0 Å². The van der Waals surface area contributed by atoms with Gasteiger partial charge in [-0.1, -0.05) is 29.8 Å². The number of likely N-dealkylation sites (tertiary alicyclic amines) is 1. The van der Waals surface area contributed by atoms with E-state index >= 15 is 0 Å². The summed E-state index contributed by atoms with van der Waals surface area (Å²) in [5, 5.41) is 6.56. The van der Waals surface area contributed by atoms with E-state index in [2.05, 4.69) is 35.5 Å². The van der Waals surface area contributed by atoms with E-state index in [1.165, 1.54) is 6.20 Å². The van der Waals surface area contributed by atoms with Crippen LogP contribution in [0.25, 0.3) is 0 Å². The van der Waals surface area contributed by atoms with Crippen molar-refractivity contribution < 1.29 is 4.79 Å². The number of hydrogen-bond donors (Lipinski definition) is 3. The molecule has 1 fully saturated rings. The summed E-state index contributed by atoms with van der Waals surface area (Å²) in [6.07, 6.45) is 3.22. The van der Waals surface area contributed by atoms with Gasteiger partial charge in [-0.15, -0.1) is 0 Å². The smallest absolute Gasteiger partial charge is 0.232 e. The number of nitrogens with zero attached hydrogens (tertiary/aromatic N) is 5. The number of hydrogen-bond acceptors (Lipinski definition) is 8. The van der Waals surface area contributed by atoms with Crippen molar-refractivity contribution >= 4 is 40.9 Å². The van der Waals surface area contributed by atoms with Crippen LogP contribution in [0.4, 0.5) is 23.4 Å². The quantitative estimate of drug-likeness (QED) is 0.518. The Morgan fingerprint density at radius 2 is 2.00 bits per heavy atom. The number of carbonyl (C=O) groups is 1. The van der Waals surface area contributed by atoms with Gasteiger partial charge in [-0.3, -0.25) is 9.69 Å². The van der Waals surface area contributed by atoms with E-state index in [-0.39, 0.29) is 23.8 Å². The molecule has 2 atom stereocenters. The van der Waals surface area contributed by atoms with Gasteiger partial charge in [-0.05, 0) is 50.6 Å². The minimum atomic E-state index is -0.162. The topological polar surface area (TPSA) is 122 Å². The van der Waals surface area contributed by atoms with Crippen LogP contribution in [0.5, 0.6) is 0 Å². The summed E-state index contributed by atoms with van der Waals surface area (Å²) in [7, 11) is 0. The molecule has 9 nitrogen and oxygen atoms in total. The van der Waals surface area contributed by atoms with Crippen molar-refractivity contribution in [2.24, 2.45) is 5.92 Å². The fraction of sp³-hybridized carbons (Fsp3) is 0.318. The van der Waals surface area contributed by atoms with Gasteiger partial charge >= 0.3 is 0 Å². The molecule has 166 valence electrons. The van der Waals surface area contributed by atoms with E-state index in [0.29, 0.717) is 29.2 Å². The molecule has 1 amide bonds. The third-order valence-corrected chi connectivity index (χ3v) is 5.65. The highest BCUT2D eigenvalue weighted by molar-refractivity contribution is 6.30. The van der Waals surface area contributed by atoms with Gasteiger partial charge in [0.05, 0.1) is 17.0 Å². The zero-order valence-electron chi connectivity index (χ0n) is 17.7. The molecule has 0 radical (unpaired) electrons. The van der Waals surface area contributed by atoms with Gasteiger partial charge in [0, 0.05) is 18.4 Å². The number of carbonyl (C=O) groups excluding carboxylic acids is 1. The molecule has 32 heavy (non-hydrogen) atoms. The maximum Gasteiger partial charge on any atom is 0.232 e. The van der Waals surface area contributed by atoms with Gasteiger partial charge in [-0.2, -0.15) is 15.0 Å². The highest BCUT2D eigenvalue weighted by atomic mass is 35.5. The second-order valence-corrected chi connectivity index (χ2v) is 8.16. The molecule has 0 aliphatic carbocycles. The first-order valence-electron chi connectivity index (χ1n) is 10.5. The number of benzene rings is 1. The average Bonchev–Trinajstić information content (AvgIpc) is 2.80. The zero-order chi connectivity index (χ0) is 22.5. The molecule has 1 aromatic carbocycles. The number of anilines is 4. The number of pyridine rings is 1. The SMILES string of the molecule is CC(c1nc(N)nc(Nc2ccccc2)n1)N1CCCC(C(=O)Nc2ccc(Cl)cn2)C1. The highest BCUT2D eigenvalue weighted by Crippen LogP contribution is 2.27. The van der Waals surface area contributed by atoms with Gasteiger partial charge in [0.15, 0.2) is 5.82 Å². The molecular weight excluding hydrogens is 428 g/mol.